The molecule has 0 radical (unpaired) electrons. The molecule has 1 unspecified atom stereocenters. The van der Waals surface area contributed by atoms with Crippen LogP contribution in [-0.4, -0.2) is 25.8 Å². The molecule has 0 bridgehead atoms. The molecule has 3 heterocycles. The van der Waals surface area contributed by atoms with Crippen molar-refractivity contribution in [1.29, 1.82) is 0 Å². The number of carbonyl (C=O) groups excluding carboxylic acids is 2. The average Bonchev–Trinajstić information content (AvgIpc) is 3.57. The van der Waals surface area contributed by atoms with Crippen LogP contribution in [0.4, 0.5) is 36.4 Å². The summed E-state index contributed by atoms with van der Waals surface area (Å²) in [5.41, 5.74) is -2.71. The Morgan fingerprint density at radius 3 is 2.52 bits per heavy atom. The zero-order chi connectivity index (χ0) is 30.2. The first-order chi connectivity index (χ1) is 19.8. The molecule has 0 fully saturated rings. The van der Waals surface area contributed by atoms with E-state index in [0.29, 0.717) is 12.1 Å². The van der Waals surface area contributed by atoms with Gasteiger partial charge in [0.05, 0.1) is 34.4 Å². The SMILES string of the molecule is Cn1c2c3c(c(NC(=O)c4cc(F)cc(C(F)(F)F)c4)cc2n2c(C(F)F)cnc12)C(c1cc(F)ccc1Cl)NC3=O. The van der Waals surface area contributed by atoms with Gasteiger partial charge < -0.3 is 15.2 Å². The number of aromatic nitrogens is 3. The molecule has 0 saturated heterocycles. The minimum Gasteiger partial charge on any atom is -0.341 e. The third-order valence-electron chi connectivity index (χ3n) is 6.99. The first-order valence-corrected chi connectivity index (χ1v) is 12.4. The molecule has 1 atom stereocenters. The Balaban J connectivity index is 1.62. The van der Waals surface area contributed by atoms with Gasteiger partial charge in [-0.1, -0.05) is 11.6 Å². The van der Waals surface area contributed by atoms with Gasteiger partial charge in [-0.05, 0) is 42.5 Å². The molecule has 7 nitrogen and oxygen atoms in total. The molecular weight excluding hydrogens is 595 g/mol. The van der Waals surface area contributed by atoms with E-state index in [1.165, 1.54) is 23.7 Å². The Labute approximate surface area is 235 Å². The minimum absolute atomic E-state index is 0.00529. The molecule has 2 N–H and O–H groups in total. The molecule has 0 aliphatic carbocycles. The summed E-state index contributed by atoms with van der Waals surface area (Å²) in [5, 5.41) is 5.08. The van der Waals surface area contributed by atoms with Gasteiger partial charge in [-0.2, -0.15) is 13.2 Å². The number of halogens is 8. The molecule has 2 amide bonds. The van der Waals surface area contributed by atoms with Crippen molar-refractivity contribution in [3.8, 4) is 0 Å². The molecule has 216 valence electrons. The van der Waals surface area contributed by atoms with E-state index in [9.17, 15) is 40.3 Å². The summed E-state index contributed by atoms with van der Waals surface area (Å²) in [5.74, 6) is -3.95. The number of benzene rings is 3. The zero-order valence-electron chi connectivity index (χ0n) is 21.0. The Hall–Kier alpha value is -4.59. The van der Waals surface area contributed by atoms with Gasteiger partial charge in [-0.15, -0.1) is 0 Å². The van der Waals surface area contributed by atoms with Crippen molar-refractivity contribution in [2.24, 2.45) is 7.05 Å². The van der Waals surface area contributed by atoms with Crippen LogP contribution in [-0.2, 0) is 13.2 Å². The number of imidazole rings is 2. The maximum absolute atomic E-state index is 14.3. The fourth-order valence-corrected chi connectivity index (χ4v) is 5.46. The van der Waals surface area contributed by atoms with Gasteiger partial charge in [0.15, 0.2) is 0 Å². The molecule has 2 aromatic heterocycles. The van der Waals surface area contributed by atoms with E-state index >= 15 is 0 Å². The third kappa shape index (κ3) is 4.24. The number of nitrogens with zero attached hydrogens (tertiary/aromatic N) is 3. The highest BCUT2D eigenvalue weighted by Gasteiger charge is 2.39. The third-order valence-corrected chi connectivity index (χ3v) is 7.33. The Morgan fingerprint density at radius 2 is 1.83 bits per heavy atom. The van der Waals surface area contributed by atoms with Gasteiger partial charge in [0.1, 0.15) is 17.3 Å². The van der Waals surface area contributed by atoms with Crippen molar-refractivity contribution in [2.45, 2.75) is 18.6 Å². The normalized spacial score (nSPS) is 15.1. The lowest BCUT2D eigenvalue weighted by atomic mass is 9.95. The molecule has 0 spiro atoms. The van der Waals surface area contributed by atoms with Gasteiger partial charge in [-0.3, -0.25) is 14.0 Å². The van der Waals surface area contributed by atoms with Crippen LogP contribution in [0.3, 0.4) is 0 Å². The summed E-state index contributed by atoms with van der Waals surface area (Å²) < 4.78 is 98.5. The second-order valence-electron chi connectivity index (χ2n) is 9.51. The van der Waals surface area contributed by atoms with E-state index in [-0.39, 0.29) is 50.3 Å². The van der Waals surface area contributed by atoms with Crippen molar-refractivity contribution < 1.29 is 40.3 Å². The monoisotopic (exact) mass is 609 g/mol. The van der Waals surface area contributed by atoms with Crippen LogP contribution in [0.1, 0.15) is 55.6 Å². The second kappa shape index (κ2) is 9.48. The van der Waals surface area contributed by atoms with E-state index in [1.807, 2.05) is 0 Å². The van der Waals surface area contributed by atoms with Crippen LogP contribution in [0.5, 0.6) is 0 Å². The quantitative estimate of drug-likeness (QED) is 0.220. The average molecular weight is 610 g/mol. The van der Waals surface area contributed by atoms with Gasteiger partial charge in [0, 0.05) is 34.4 Å². The Morgan fingerprint density at radius 1 is 1.10 bits per heavy atom. The van der Waals surface area contributed by atoms with Crippen LogP contribution in [0.25, 0.3) is 16.8 Å². The first kappa shape index (κ1) is 27.6. The van der Waals surface area contributed by atoms with Crippen LogP contribution < -0.4 is 10.6 Å². The van der Waals surface area contributed by atoms with Crippen molar-refractivity contribution in [3.05, 3.63) is 98.8 Å². The van der Waals surface area contributed by atoms with Gasteiger partial charge >= 0.3 is 6.18 Å². The summed E-state index contributed by atoms with van der Waals surface area (Å²) in [7, 11) is 1.47. The summed E-state index contributed by atoms with van der Waals surface area (Å²) in [4.78, 5) is 30.7. The number of aryl methyl sites for hydroxylation is 1. The van der Waals surface area contributed by atoms with Crippen molar-refractivity contribution in [2.75, 3.05) is 5.32 Å². The highest BCUT2D eigenvalue weighted by molar-refractivity contribution is 6.31. The lowest BCUT2D eigenvalue weighted by molar-refractivity contribution is -0.137. The van der Waals surface area contributed by atoms with E-state index in [4.69, 9.17) is 11.6 Å². The predicted octanol–water partition coefficient (Wildman–Crippen LogP) is 6.80. The molecule has 42 heavy (non-hydrogen) atoms. The number of fused-ring (bicyclic) bond motifs is 5. The lowest BCUT2D eigenvalue weighted by Gasteiger charge is -2.19. The van der Waals surface area contributed by atoms with Gasteiger partial charge in [0.25, 0.3) is 18.2 Å². The Kier molecular flexibility index (Phi) is 6.22. The number of carbonyl (C=O) groups is 2. The molecule has 15 heteroatoms. The number of amides is 2. The standard InChI is InChI=1S/C27H15ClF7N5O2/c1-39-22-17(40-18(23(31)32)9-36-26(39)40)8-16(37-24(41)10-4-11(27(33,34)35)6-13(30)5-10)19-20(22)25(42)38-21(19)14-7-12(29)2-3-15(14)28/h2-9,21,23H,1H3,(H,37,41)(H,38,42). The lowest BCUT2D eigenvalue weighted by Crippen LogP contribution is -2.21. The van der Waals surface area contributed by atoms with E-state index < -0.39 is 58.9 Å². The number of alkyl halides is 5. The molecular formula is C27H15ClF7N5O2. The maximum atomic E-state index is 14.3. The van der Waals surface area contributed by atoms with Gasteiger partial charge in [-0.25, -0.2) is 22.5 Å². The number of nitrogens with one attached hydrogen (secondary N) is 2. The molecule has 6 rings (SSSR count). The van der Waals surface area contributed by atoms with Crippen molar-refractivity contribution in [3.63, 3.8) is 0 Å². The summed E-state index contributed by atoms with van der Waals surface area (Å²) in [6, 6.07) is 4.66. The molecule has 5 aromatic rings. The van der Waals surface area contributed by atoms with E-state index in [1.54, 1.807) is 0 Å². The number of rotatable bonds is 4. The Bertz CT molecular complexity index is 1960. The van der Waals surface area contributed by atoms with Gasteiger partial charge in [0.2, 0.25) is 5.78 Å². The molecule has 1 aliphatic heterocycles. The number of hydrogen-bond acceptors (Lipinski definition) is 3. The van der Waals surface area contributed by atoms with E-state index in [0.717, 1.165) is 22.7 Å². The molecule has 1 aliphatic rings. The molecule has 0 saturated carbocycles. The fourth-order valence-electron chi connectivity index (χ4n) is 5.23. The number of anilines is 1. The van der Waals surface area contributed by atoms with Crippen LogP contribution in [0, 0.1) is 11.6 Å². The topological polar surface area (TPSA) is 80.4 Å². The smallest absolute Gasteiger partial charge is 0.341 e. The molecule has 3 aromatic carbocycles. The summed E-state index contributed by atoms with van der Waals surface area (Å²) >= 11 is 6.32. The highest BCUT2D eigenvalue weighted by atomic mass is 35.5. The summed E-state index contributed by atoms with van der Waals surface area (Å²) in [6.07, 6.45) is -7.01. The summed E-state index contributed by atoms with van der Waals surface area (Å²) in [6.45, 7) is 0. The van der Waals surface area contributed by atoms with E-state index in [2.05, 4.69) is 15.6 Å². The first-order valence-electron chi connectivity index (χ1n) is 12.0. The second-order valence-corrected chi connectivity index (χ2v) is 9.92. The van der Waals surface area contributed by atoms with Crippen molar-refractivity contribution in [1.82, 2.24) is 19.3 Å². The van der Waals surface area contributed by atoms with Crippen LogP contribution in [0.15, 0.2) is 48.7 Å². The zero-order valence-corrected chi connectivity index (χ0v) is 21.7. The highest BCUT2D eigenvalue weighted by Crippen LogP contribution is 2.44. The minimum atomic E-state index is -4.96. The fraction of sp³-hybridized carbons (Fsp3) is 0.148. The van der Waals surface area contributed by atoms with Crippen LogP contribution in [0.2, 0.25) is 5.02 Å². The number of hydrogen-bond donors (Lipinski definition) is 2. The maximum Gasteiger partial charge on any atom is 0.416 e. The predicted molar refractivity (Wildman–Crippen MR) is 137 cm³/mol. The van der Waals surface area contributed by atoms with Crippen molar-refractivity contribution >= 4 is 45.9 Å². The largest absolute Gasteiger partial charge is 0.416 e. The van der Waals surface area contributed by atoms with Crippen LogP contribution >= 0.6 is 11.6 Å².